The SMILES string of the molecule is COC(=O)C[C@@H](O)C(Cl)(Cl)Cl. The van der Waals surface area contributed by atoms with Crippen LogP contribution in [-0.4, -0.2) is 28.1 Å². The zero-order valence-electron chi connectivity index (χ0n) is 5.68. The van der Waals surface area contributed by atoms with Gasteiger partial charge in [-0.15, -0.1) is 0 Å². The van der Waals surface area contributed by atoms with E-state index in [1.54, 1.807) is 0 Å². The number of hydrogen-bond donors (Lipinski definition) is 1. The fraction of sp³-hybridized carbons (Fsp3) is 0.800. The second-order valence-corrected chi connectivity index (χ2v) is 4.21. The number of carbonyl (C=O) groups is 1. The standard InChI is InChI=1S/C5H7Cl3O3/c1-11-4(10)2-3(9)5(6,7)8/h3,9H,2H2,1H3/t3-/m1/s1. The number of methoxy groups -OCH3 is 1. The Labute approximate surface area is 79.2 Å². The average molecular weight is 221 g/mol. The molecule has 0 aliphatic rings. The normalized spacial score (nSPS) is 14.3. The molecule has 0 aromatic rings. The molecule has 0 spiro atoms. The second kappa shape index (κ2) is 4.36. The van der Waals surface area contributed by atoms with Gasteiger partial charge in [0.15, 0.2) is 0 Å². The van der Waals surface area contributed by atoms with Crippen LogP contribution in [0.4, 0.5) is 0 Å². The van der Waals surface area contributed by atoms with Crippen LogP contribution in [0.2, 0.25) is 0 Å². The van der Waals surface area contributed by atoms with E-state index in [1.807, 2.05) is 0 Å². The molecule has 0 radical (unpaired) electrons. The van der Waals surface area contributed by atoms with Crippen molar-refractivity contribution in [3.63, 3.8) is 0 Å². The number of halogens is 3. The van der Waals surface area contributed by atoms with Crippen LogP contribution in [-0.2, 0) is 9.53 Å². The first-order valence-corrected chi connectivity index (χ1v) is 3.83. The molecule has 11 heavy (non-hydrogen) atoms. The van der Waals surface area contributed by atoms with E-state index in [4.69, 9.17) is 39.9 Å². The summed E-state index contributed by atoms with van der Waals surface area (Å²) in [6, 6.07) is 0. The molecule has 0 saturated carbocycles. The first-order valence-electron chi connectivity index (χ1n) is 2.69. The van der Waals surface area contributed by atoms with Crippen LogP contribution in [0.25, 0.3) is 0 Å². The number of aliphatic hydroxyl groups excluding tert-OH is 1. The largest absolute Gasteiger partial charge is 0.469 e. The lowest BCUT2D eigenvalue weighted by atomic mass is 10.3. The number of carbonyl (C=O) groups excluding carboxylic acids is 1. The molecule has 0 aliphatic carbocycles. The maximum atomic E-state index is 10.5. The Balaban J connectivity index is 3.87. The van der Waals surface area contributed by atoms with Crippen molar-refractivity contribution in [1.29, 1.82) is 0 Å². The van der Waals surface area contributed by atoms with E-state index in [0.29, 0.717) is 0 Å². The van der Waals surface area contributed by atoms with Crippen molar-refractivity contribution in [3.05, 3.63) is 0 Å². The highest BCUT2D eigenvalue weighted by Crippen LogP contribution is 2.31. The van der Waals surface area contributed by atoms with Gasteiger partial charge in [-0.3, -0.25) is 4.79 Å². The number of ether oxygens (including phenoxy) is 1. The van der Waals surface area contributed by atoms with Crippen molar-refractivity contribution in [2.45, 2.75) is 16.3 Å². The maximum absolute atomic E-state index is 10.5. The molecular formula is C5H7Cl3O3. The van der Waals surface area contributed by atoms with E-state index in [-0.39, 0.29) is 6.42 Å². The van der Waals surface area contributed by atoms with E-state index in [9.17, 15) is 4.79 Å². The Morgan fingerprint density at radius 3 is 2.36 bits per heavy atom. The van der Waals surface area contributed by atoms with Crippen molar-refractivity contribution in [2.24, 2.45) is 0 Å². The second-order valence-electron chi connectivity index (χ2n) is 1.84. The molecule has 0 heterocycles. The molecule has 0 fully saturated rings. The third-order valence-electron chi connectivity index (χ3n) is 0.966. The molecule has 0 aromatic heterocycles. The van der Waals surface area contributed by atoms with Gasteiger partial charge < -0.3 is 9.84 Å². The van der Waals surface area contributed by atoms with E-state index in [1.165, 1.54) is 7.11 Å². The number of aliphatic hydroxyl groups is 1. The Hall–Kier alpha value is 0.300. The molecule has 0 amide bonds. The summed E-state index contributed by atoms with van der Waals surface area (Å²) in [6.45, 7) is 0. The van der Waals surface area contributed by atoms with Gasteiger partial charge in [0.05, 0.1) is 13.5 Å². The molecule has 6 heteroatoms. The molecule has 1 N–H and O–H groups in total. The molecule has 0 aromatic carbocycles. The topological polar surface area (TPSA) is 46.5 Å². The van der Waals surface area contributed by atoms with Gasteiger partial charge in [0, 0.05) is 0 Å². The Morgan fingerprint density at radius 2 is 2.09 bits per heavy atom. The number of esters is 1. The fourth-order valence-electron chi connectivity index (χ4n) is 0.357. The minimum absolute atomic E-state index is 0.326. The summed E-state index contributed by atoms with van der Waals surface area (Å²) in [5.74, 6) is -0.621. The lowest BCUT2D eigenvalue weighted by Gasteiger charge is -2.16. The molecule has 1 atom stereocenters. The predicted molar refractivity (Wildman–Crippen MR) is 42.9 cm³/mol. The van der Waals surface area contributed by atoms with Crippen LogP contribution in [0.3, 0.4) is 0 Å². The van der Waals surface area contributed by atoms with Crippen LogP contribution in [0.1, 0.15) is 6.42 Å². The summed E-state index contributed by atoms with van der Waals surface area (Å²) in [6.07, 6.45) is -1.66. The molecule has 3 nitrogen and oxygen atoms in total. The third kappa shape index (κ3) is 4.69. The van der Waals surface area contributed by atoms with Crippen LogP contribution < -0.4 is 0 Å². The van der Waals surface area contributed by atoms with Gasteiger partial charge in [-0.2, -0.15) is 0 Å². The van der Waals surface area contributed by atoms with E-state index in [0.717, 1.165) is 0 Å². The van der Waals surface area contributed by atoms with Crippen LogP contribution >= 0.6 is 34.8 Å². The molecule has 0 unspecified atom stereocenters. The molecular weight excluding hydrogens is 214 g/mol. The van der Waals surface area contributed by atoms with Gasteiger partial charge in [-0.05, 0) is 0 Å². The first-order chi connectivity index (χ1) is 4.88. The Kier molecular flexibility index (Phi) is 4.48. The van der Waals surface area contributed by atoms with Crippen molar-refractivity contribution in [2.75, 3.05) is 7.11 Å². The van der Waals surface area contributed by atoms with Gasteiger partial charge in [-0.25, -0.2) is 0 Å². The highest BCUT2D eigenvalue weighted by molar-refractivity contribution is 6.68. The predicted octanol–water partition coefficient (Wildman–Crippen LogP) is 1.28. The molecule has 0 bridgehead atoms. The molecule has 66 valence electrons. The van der Waals surface area contributed by atoms with Gasteiger partial charge in [0.25, 0.3) is 0 Å². The maximum Gasteiger partial charge on any atom is 0.308 e. The van der Waals surface area contributed by atoms with Gasteiger partial charge in [0.1, 0.15) is 6.10 Å². The minimum atomic E-state index is -1.84. The molecule has 0 aliphatic heterocycles. The molecule has 0 rings (SSSR count). The average Bonchev–Trinajstić information content (AvgIpc) is 1.85. The monoisotopic (exact) mass is 220 g/mol. The van der Waals surface area contributed by atoms with Crippen molar-refractivity contribution in [1.82, 2.24) is 0 Å². The Bertz CT molecular complexity index is 142. The number of rotatable bonds is 2. The van der Waals surface area contributed by atoms with Crippen molar-refractivity contribution < 1.29 is 14.6 Å². The summed E-state index contributed by atoms with van der Waals surface area (Å²) >= 11 is 15.8. The smallest absolute Gasteiger partial charge is 0.308 e. The summed E-state index contributed by atoms with van der Waals surface area (Å²) < 4.78 is 2.40. The van der Waals surface area contributed by atoms with E-state index < -0.39 is 15.9 Å². The van der Waals surface area contributed by atoms with Gasteiger partial charge in [-0.1, -0.05) is 34.8 Å². The summed E-state index contributed by atoms with van der Waals surface area (Å²) in [4.78, 5) is 10.5. The van der Waals surface area contributed by atoms with Gasteiger partial charge in [0.2, 0.25) is 3.79 Å². The zero-order valence-corrected chi connectivity index (χ0v) is 7.95. The van der Waals surface area contributed by atoms with Crippen molar-refractivity contribution >= 4 is 40.8 Å². The lowest BCUT2D eigenvalue weighted by Crippen LogP contribution is -2.28. The van der Waals surface area contributed by atoms with Crippen LogP contribution in [0.5, 0.6) is 0 Å². The fourth-order valence-corrected chi connectivity index (χ4v) is 0.588. The number of alkyl halides is 3. The van der Waals surface area contributed by atoms with Crippen LogP contribution in [0, 0.1) is 0 Å². The summed E-state index contributed by atoms with van der Waals surface area (Å²) in [7, 11) is 1.19. The van der Waals surface area contributed by atoms with E-state index in [2.05, 4.69) is 4.74 Å². The number of hydrogen-bond acceptors (Lipinski definition) is 3. The summed E-state index contributed by atoms with van der Waals surface area (Å²) in [5.41, 5.74) is 0. The highest BCUT2D eigenvalue weighted by Gasteiger charge is 2.32. The third-order valence-corrected chi connectivity index (χ3v) is 1.72. The zero-order chi connectivity index (χ0) is 9.07. The van der Waals surface area contributed by atoms with Crippen LogP contribution in [0.15, 0.2) is 0 Å². The van der Waals surface area contributed by atoms with Gasteiger partial charge >= 0.3 is 5.97 Å². The van der Waals surface area contributed by atoms with E-state index >= 15 is 0 Å². The summed E-state index contributed by atoms with van der Waals surface area (Å²) in [5, 5.41) is 8.99. The highest BCUT2D eigenvalue weighted by atomic mass is 35.6. The quantitative estimate of drug-likeness (QED) is 0.564. The molecule has 0 saturated heterocycles. The first kappa shape index (κ1) is 11.3. The lowest BCUT2D eigenvalue weighted by molar-refractivity contribution is -0.142. The van der Waals surface area contributed by atoms with Crippen molar-refractivity contribution in [3.8, 4) is 0 Å². The minimum Gasteiger partial charge on any atom is -0.469 e. The Morgan fingerprint density at radius 1 is 1.64 bits per heavy atom.